The predicted octanol–water partition coefficient (Wildman–Crippen LogP) is -0.561. The number of H-pyrrole nitrogens is 1. The van der Waals surface area contributed by atoms with Crippen molar-refractivity contribution in [2.45, 2.75) is 25.6 Å². The highest BCUT2D eigenvalue weighted by atomic mass is 19.1. The topological polar surface area (TPSA) is 176 Å². The van der Waals surface area contributed by atoms with Crippen LogP contribution >= 0.6 is 0 Å². The van der Waals surface area contributed by atoms with Gasteiger partial charge in [-0.05, 0) is 24.6 Å². The van der Waals surface area contributed by atoms with Gasteiger partial charge in [-0.3, -0.25) is 19.4 Å². The van der Waals surface area contributed by atoms with Crippen LogP contribution in [0.15, 0.2) is 39.7 Å². The van der Waals surface area contributed by atoms with Crippen LogP contribution in [0.25, 0.3) is 16.7 Å². The zero-order chi connectivity index (χ0) is 25.4. The number of hydrogen-bond donors (Lipinski definition) is 5. The van der Waals surface area contributed by atoms with E-state index in [1.165, 1.54) is 13.0 Å². The first-order valence-electron chi connectivity index (χ1n) is 11.0. The maximum atomic E-state index is 14.3. The summed E-state index contributed by atoms with van der Waals surface area (Å²) in [6.45, 7) is 2.87. The van der Waals surface area contributed by atoms with Crippen molar-refractivity contribution in [3.63, 3.8) is 0 Å². The maximum Gasteiger partial charge on any atom is 0.417 e. The predicted molar refractivity (Wildman–Crippen MR) is 123 cm³/mol. The van der Waals surface area contributed by atoms with Crippen LogP contribution in [0.3, 0.4) is 0 Å². The van der Waals surface area contributed by atoms with Crippen molar-refractivity contribution in [3.05, 3.63) is 63.8 Å². The van der Waals surface area contributed by atoms with Gasteiger partial charge >= 0.3 is 5.76 Å². The Morgan fingerprint density at radius 3 is 2.81 bits per heavy atom. The molecule has 0 unspecified atom stereocenters. The molecule has 1 aromatic carbocycles. The molecule has 1 atom stereocenters. The lowest BCUT2D eigenvalue weighted by atomic mass is 10.1. The molecule has 1 saturated heterocycles. The van der Waals surface area contributed by atoms with Crippen LogP contribution in [0.1, 0.15) is 33.5 Å². The molecule has 0 saturated carbocycles. The molecule has 3 aromatic heterocycles. The fourth-order valence-corrected chi connectivity index (χ4v) is 3.65. The second-order valence-corrected chi connectivity index (χ2v) is 8.34. The minimum atomic E-state index is -0.886. The molecule has 0 aliphatic carbocycles. The lowest BCUT2D eigenvalue weighted by Crippen LogP contribution is -2.60. The minimum Gasteiger partial charge on any atom is -0.408 e. The van der Waals surface area contributed by atoms with Gasteiger partial charge in [0.2, 0.25) is 5.91 Å². The molecule has 0 radical (unpaired) electrons. The molecule has 14 heteroatoms. The average molecular weight is 496 g/mol. The van der Waals surface area contributed by atoms with Crippen molar-refractivity contribution in [2.75, 3.05) is 13.1 Å². The third kappa shape index (κ3) is 4.53. The van der Waals surface area contributed by atoms with Gasteiger partial charge in [0.05, 0.1) is 17.8 Å². The van der Waals surface area contributed by atoms with Crippen molar-refractivity contribution in [2.24, 2.45) is 0 Å². The summed E-state index contributed by atoms with van der Waals surface area (Å²) in [7, 11) is 0. The molecule has 13 nitrogen and oxygen atoms in total. The van der Waals surface area contributed by atoms with Gasteiger partial charge in [0.25, 0.3) is 11.8 Å². The molecule has 4 heterocycles. The first-order chi connectivity index (χ1) is 17.3. The van der Waals surface area contributed by atoms with Gasteiger partial charge in [-0.2, -0.15) is 5.10 Å². The molecule has 36 heavy (non-hydrogen) atoms. The number of carbonyl (C=O) groups excluding carboxylic acids is 3. The van der Waals surface area contributed by atoms with Gasteiger partial charge in [-0.15, -0.1) is 0 Å². The number of oxazole rings is 1. The van der Waals surface area contributed by atoms with E-state index in [2.05, 4.69) is 36.3 Å². The summed E-state index contributed by atoms with van der Waals surface area (Å²) in [6, 6.07) is 5.16. The second kappa shape index (κ2) is 9.22. The standard InChI is InChI=1S/C22H21FN8O5/c1-10(19(32)28-12-7-24-8-12)27-21(34)16-5-15(29-18-13(23)9-26-31(16)18)20(33)25-6-11-2-3-17-14(4-11)30-22(35)36-17/h2-5,9-10,12,24H,6-8H2,1H3,(H,25,33)(H,27,34)(H,28,32)(H,30,35)/t10-/m0/s1. The highest BCUT2D eigenvalue weighted by Gasteiger charge is 2.25. The van der Waals surface area contributed by atoms with Crippen molar-refractivity contribution >= 4 is 34.5 Å². The summed E-state index contributed by atoms with van der Waals surface area (Å²) < 4.78 is 20.2. The first-order valence-corrected chi connectivity index (χ1v) is 11.0. The van der Waals surface area contributed by atoms with Crippen LogP contribution in [0.5, 0.6) is 0 Å². The lowest BCUT2D eigenvalue weighted by molar-refractivity contribution is -0.123. The molecule has 4 aromatic rings. The first kappa shape index (κ1) is 23.2. The number of fused-ring (bicyclic) bond motifs is 2. The van der Waals surface area contributed by atoms with Crippen LogP contribution in [0.4, 0.5) is 4.39 Å². The number of halogens is 1. The number of aromatic nitrogens is 4. The van der Waals surface area contributed by atoms with E-state index in [0.717, 1.165) is 10.7 Å². The number of rotatable bonds is 7. The average Bonchev–Trinajstić information content (AvgIpc) is 3.39. The molecule has 1 aliphatic rings. The summed E-state index contributed by atoms with van der Waals surface area (Å²) in [6.07, 6.45) is 0.876. The quantitative estimate of drug-likeness (QED) is 0.226. The van der Waals surface area contributed by atoms with Crippen LogP contribution in [-0.4, -0.2) is 62.5 Å². The molecule has 0 bridgehead atoms. The highest BCUT2D eigenvalue weighted by molar-refractivity contribution is 6.00. The normalized spacial score (nSPS) is 14.4. The number of nitrogens with one attached hydrogen (secondary N) is 5. The van der Waals surface area contributed by atoms with Crippen molar-refractivity contribution in [3.8, 4) is 0 Å². The van der Waals surface area contributed by atoms with E-state index in [0.29, 0.717) is 29.8 Å². The van der Waals surface area contributed by atoms with Gasteiger partial charge < -0.3 is 25.7 Å². The van der Waals surface area contributed by atoms with Crippen LogP contribution in [-0.2, 0) is 11.3 Å². The maximum absolute atomic E-state index is 14.3. The summed E-state index contributed by atoms with van der Waals surface area (Å²) in [5.74, 6) is -3.19. The number of carbonyl (C=O) groups is 3. The Labute approximate surface area is 201 Å². The number of aromatic amines is 1. The van der Waals surface area contributed by atoms with Gasteiger partial charge in [-0.1, -0.05) is 6.07 Å². The Balaban J connectivity index is 1.34. The zero-order valence-corrected chi connectivity index (χ0v) is 18.9. The summed E-state index contributed by atoms with van der Waals surface area (Å²) in [5.41, 5.74) is 0.797. The summed E-state index contributed by atoms with van der Waals surface area (Å²) in [5, 5.41) is 14.8. The van der Waals surface area contributed by atoms with E-state index in [9.17, 15) is 23.6 Å². The Bertz CT molecular complexity index is 1550. The Morgan fingerprint density at radius 2 is 2.06 bits per heavy atom. The highest BCUT2D eigenvalue weighted by Crippen LogP contribution is 2.14. The molecule has 3 amide bonds. The van der Waals surface area contributed by atoms with E-state index in [1.807, 2.05) is 0 Å². The molecule has 0 spiro atoms. The number of nitrogens with zero attached hydrogens (tertiary/aromatic N) is 3. The Morgan fingerprint density at radius 1 is 1.25 bits per heavy atom. The fourth-order valence-electron chi connectivity index (χ4n) is 3.65. The Kier molecular flexibility index (Phi) is 5.93. The van der Waals surface area contributed by atoms with E-state index in [4.69, 9.17) is 4.42 Å². The van der Waals surface area contributed by atoms with E-state index < -0.39 is 29.4 Å². The van der Waals surface area contributed by atoms with Crippen molar-refractivity contribution in [1.82, 2.24) is 40.8 Å². The summed E-state index contributed by atoms with van der Waals surface area (Å²) >= 11 is 0. The summed E-state index contributed by atoms with van der Waals surface area (Å²) in [4.78, 5) is 55.9. The van der Waals surface area contributed by atoms with Crippen molar-refractivity contribution < 1.29 is 23.2 Å². The minimum absolute atomic E-state index is 0.00513. The van der Waals surface area contributed by atoms with E-state index in [1.54, 1.807) is 18.2 Å². The van der Waals surface area contributed by atoms with Crippen molar-refractivity contribution in [1.29, 1.82) is 0 Å². The number of hydrogen-bond acceptors (Lipinski definition) is 8. The molecule has 1 aliphatic heterocycles. The molecular weight excluding hydrogens is 475 g/mol. The van der Waals surface area contributed by atoms with Crippen LogP contribution in [0, 0.1) is 5.82 Å². The third-order valence-corrected chi connectivity index (χ3v) is 5.70. The lowest BCUT2D eigenvalue weighted by Gasteiger charge is -2.29. The van der Waals surface area contributed by atoms with Gasteiger partial charge in [0.15, 0.2) is 17.0 Å². The van der Waals surface area contributed by atoms with Gasteiger partial charge in [0.1, 0.15) is 17.4 Å². The van der Waals surface area contributed by atoms with E-state index in [-0.39, 0.29) is 35.5 Å². The molecule has 5 N–H and O–H groups in total. The van der Waals surface area contributed by atoms with Gasteiger partial charge in [0, 0.05) is 25.7 Å². The monoisotopic (exact) mass is 496 g/mol. The molecule has 5 rings (SSSR count). The smallest absolute Gasteiger partial charge is 0.408 e. The molecule has 186 valence electrons. The molecular formula is C22H21FN8O5. The van der Waals surface area contributed by atoms with E-state index >= 15 is 0 Å². The third-order valence-electron chi connectivity index (χ3n) is 5.70. The zero-order valence-electron chi connectivity index (χ0n) is 18.9. The SMILES string of the molecule is C[C@H](NC(=O)c1cc(C(=O)NCc2ccc3oc(=O)[nH]c3c2)nc2c(F)cnn12)C(=O)NC1CNC1. The fraction of sp³-hybridized carbons (Fsp3) is 0.273. The molecule has 1 fully saturated rings. The largest absolute Gasteiger partial charge is 0.417 e. The van der Waals surface area contributed by atoms with Crippen LogP contribution in [0.2, 0.25) is 0 Å². The second-order valence-electron chi connectivity index (χ2n) is 8.34. The van der Waals surface area contributed by atoms with Crippen LogP contribution < -0.4 is 27.0 Å². The number of benzene rings is 1. The Hall–Kier alpha value is -4.59. The van der Waals surface area contributed by atoms with Gasteiger partial charge in [-0.25, -0.2) is 18.7 Å². The number of amides is 3.